The number of ether oxygens (including phenoxy) is 1. The molecule has 7 heteroatoms. The number of aryl methyl sites for hydroxylation is 2. The summed E-state index contributed by atoms with van der Waals surface area (Å²) in [5.41, 5.74) is 2.34. The molecule has 0 N–H and O–H groups in total. The van der Waals surface area contributed by atoms with Crippen LogP contribution in [0.4, 0.5) is 0 Å². The molecule has 1 aliphatic heterocycles. The predicted molar refractivity (Wildman–Crippen MR) is 84.0 cm³/mol. The second kappa shape index (κ2) is 6.76. The van der Waals surface area contributed by atoms with Crippen LogP contribution in [0.15, 0.2) is 24.5 Å². The number of tetrazole rings is 1. The molecule has 1 amide bonds. The second-order valence-corrected chi connectivity index (χ2v) is 5.97. The number of hydrogen-bond acceptors (Lipinski definition) is 5. The van der Waals surface area contributed by atoms with Gasteiger partial charge in [-0.15, -0.1) is 5.10 Å². The number of carbonyl (C=O) groups excluding carboxylic acids is 1. The number of likely N-dealkylation sites (tertiary alicyclic amines) is 1. The maximum atomic E-state index is 12.2. The lowest BCUT2D eigenvalue weighted by Crippen LogP contribution is -2.43. The summed E-state index contributed by atoms with van der Waals surface area (Å²) in [6, 6.07) is 6.24. The third-order valence-electron chi connectivity index (χ3n) is 4.12. The summed E-state index contributed by atoms with van der Waals surface area (Å²) in [5.74, 6) is 0.992. The van der Waals surface area contributed by atoms with Crippen molar-refractivity contribution in [2.24, 2.45) is 0 Å². The molecule has 1 saturated heterocycles. The Bertz CT molecular complexity index is 663. The Labute approximate surface area is 135 Å². The number of amides is 1. The Kier molecular flexibility index (Phi) is 4.55. The highest BCUT2D eigenvalue weighted by atomic mass is 16.5. The van der Waals surface area contributed by atoms with E-state index in [1.54, 1.807) is 0 Å². The summed E-state index contributed by atoms with van der Waals surface area (Å²) in [7, 11) is 0. The minimum absolute atomic E-state index is 0.0440. The summed E-state index contributed by atoms with van der Waals surface area (Å²) in [4.78, 5) is 14.0. The molecule has 23 heavy (non-hydrogen) atoms. The molecule has 3 rings (SSSR count). The summed E-state index contributed by atoms with van der Waals surface area (Å²) in [6.07, 6.45) is 3.30. The fraction of sp³-hybridized carbons (Fsp3) is 0.500. The van der Waals surface area contributed by atoms with Crippen molar-refractivity contribution in [1.29, 1.82) is 0 Å². The molecule has 0 atom stereocenters. The van der Waals surface area contributed by atoms with Gasteiger partial charge >= 0.3 is 0 Å². The zero-order chi connectivity index (χ0) is 16.2. The Balaban J connectivity index is 1.52. The summed E-state index contributed by atoms with van der Waals surface area (Å²) < 4.78 is 7.57. The van der Waals surface area contributed by atoms with E-state index in [-0.39, 0.29) is 18.6 Å². The molecule has 1 fully saturated rings. The average Bonchev–Trinajstić information content (AvgIpc) is 3.04. The summed E-state index contributed by atoms with van der Waals surface area (Å²) >= 11 is 0. The van der Waals surface area contributed by atoms with Crippen LogP contribution in [0.3, 0.4) is 0 Å². The van der Waals surface area contributed by atoms with Crippen LogP contribution in [0.5, 0.6) is 5.75 Å². The van der Waals surface area contributed by atoms with Crippen LogP contribution in [0.25, 0.3) is 0 Å². The molecule has 0 unspecified atom stereocenters. The minimum atomic E-state index is 0.0440. The van der Waals surface area contributed by atoms with Crippen LogP contribution in [0, 0.1) is 13.8 Å². The molecule has 0 spiro atoms. The molecule has 7 nitrogen and oxygen atoms in total. The van der Waals surface area contributed by atoms with Crippen molar-refractivity contribution < 1.29 is 9.53 Å². The van der Waals surface area contributed by atoms with Crippen molar-refractivity contribution in [3.63, 3.8) is 0 Å². The first-order valence-corrected chi connectivity index (χ1v) is 7.84. The topological polar surface area (TPSA) is 73.1 Å². The third kappa shape index (κ3) is 3.85. The first-order chi connectivity index (χ1) is 11.1. The van der Waals surface area contributed by atoms with Crippen LogP contribution in [-0.4, -0.2) is 50.2 Å². The second-order valence-electron chi connectivity index (χ2n) is 5.97. The molecule has 2 aromatic rings. The van der Waals surface area contributed by atoms with Gasteiger partial charge in [-0.1, -0.05) is 12.1 Å². The highest BCUT2D eigenvalue weighted by Gasteiger charge is 2.24. The van der Waals surface area contributed by atoms with E-state index in [0.717, 1.165) is 24.2 Å². The van der Waals surface area contributed by atoms with Crippen LogP contribution in [-0.2, 0) is 11.3 Å². The van der Waals surface area contributed by atoms with Crippen molar-refractivity contribution in [3.8, 4) is 5.75 Å². The maximum absolute atomic E-state index is 12.2. The molecule has 122 valence electrons. The van der Waals surface area contributed by atoms with Gasteiger partial charge in [-0.05, 0) is 41.5 Å². The maximum Gasteiger partial charge on any atom is 0.244 e. The number of piperidine rings is 1. The van der Waals surface area contributed by atoms with E-state index in [0.29, 0.717) is 13.1 Å². The molecule has 0 bridgehead atoms. The minimum Gasteiger partial charge on any atom is -0.490 e. The quantitative estimate of drug-likeness (QED) is 0.852. The number of aromatic nitrogens is 4. The van der Waals surface area contributed by atoms with Crippen molar-refractivity contribution in [1.82, 2.24) is 25.1 Å². The highest BCUT2D eigenvalue weighted by molar-refractivity contribution is 5.75. The summed E-state index contributed by atoms with van der Waals surface area (Å²) in [6.45, 7) is 5.72. The van der Waals surface area contributed by atoms with Gasteiger partial charge in [0.15, 0.2) is 0 Å². The van der Waals surface area contributed by atoms with Crippen LogP contribution in [0.2, 0.25) is 0 Å². The average molecular weight is 315 g/mol. The van der Waals surface area contributed by atoms with Gasteiger partial charge < -0.3 is 9.64 Å². The molecule has 1 aromatic heterocycles. The monoisotopic (exact) mass is 315 g/mol. The van der Waals surface area contributed by atoms with Crippen molar-refractivity contribution in [3.05, 3.63) is 35.7 Å². The lowest BCUT2D eigenvalue weighted by atomic mass is 10.1. The van der Waals surface area contributed by atoms with Crippen molar-refractivity contribution in [2.45, 2.75) is 39.3 Å². The lowest BCUT2D eigenvalue weighted by Gasteiger charge is -2.32. The largest absolute Gasteiger partial charge is 0.490 e. The van der Waals surface area contributed by atoms with Gasteiger partial charge in [0.1, 0.15) is 24.7 Å². The molecule has 1 aromatic carbocycles. The Morgan fingerprint density at radius 2 is 2.09 bits per heavy atom. The van der Waals surface area contributed by atoms with Gasteiger partial charge in [0.25, 0.3) is 0 Å². The van der Waals surface area contributed by atoms with Crippen LogP contribution < -0.4 is 4.74 Å². The SMILES string of the molecule is Cc1ccc(C)c(OC2CCN(C(=O)Cn3cnnn3)CC2)c1. The first kappa shape index (κ1) is 15.5. The molecule has 1 aliphatic rings. The van der Waals surface area contributed by atoms with Crippen LogP contribution in [0.1, 0.15) is 24.0 Å². The lowest BCUT2D eigenvalue weighted by molar-refractivity contribution is -0.133. The Morgan fingerprint density at radius 3 is 2.78 bits per heavy atom. The third-order valence-corrected chi connectivity index (χ3v) is 4.12. The molecule has 0 radical (unpaired) electrons. The fourth-order valence-corrected chi connectivity index (χ4v) is 2.73. The number of carbonyl (C=O) groups is 1. The molecular formula is C16H21N5O2. The van der Waals surface area contributed by atoms with E-state index in [1.807, 2.05) is 4.90 Å². The highest BCUT2D eigenvalue weighted by Crippen LogP contribution is 2.24. The van der Waals surface area contributed by atoms with Gasteiger partial charge in [0, 0.05) is 25.9 Å². The molecule has 2 heterocycles. The zero-order valence-electron chi connectivity index (χ0n) is 13.5. The number of rotatable bonds is 4. The smallest absolute Gasteiger partial charge is 0.244 e. The molecular weight excluding hydrogens is 294 g/mol. The van der Waals surface area contributed by atoms with E-state index in [9.17, 15) is 4.79 Å². The van der Waals surface area contributed by atoms with Gasteiger partial charge in [0.2, 0.25) is 5.91 Å². The van der Waals surface area contributed by atoms with Gasteiger partial charge in [-0.2, -0.15) is 0 Å². The number of nitrogens with zero attached hydrogens (tertiary/aromatic N) is 5. The Hall–Kier alpha value is -2.44. The van der Waals surface area contributed by atoms with E-state index in [2.05, 4.69) is 47.6 Å². The van der Waals surface area contributed by atoms with E-state index in [1.165, 1.54) is 16.6 Å². The first-order valence-electron chi connectivity index (χ1n) is 7.84. The molecule has 0 aliphatic carbocycles. The number of benzene rings is 1. The van der Waals surface area contributed by atoms with E-state index in [4.69, 9.17) is 4.74 Å². The van der Waals surface area contributed by atoms with Gasteiger partial charge in [-0.3, -0.25) is 4.79 Å². The standard InChI is InChI=1S/C16H21N5O2/c1-12-3-4-13(2)15(9-12)23-14-5-7-20(8-6-14)16(22)10-21-11-17-18-19-21/h3-4,9,11,14H,5-8,10H2,1-2H3. The zero-order valence-corrected chi connectivity index (χ0v) is 13.5. The predicted octanol–water partition coefficient (Wildman–Crippen LogP) is 1.36. The van der Waals surface area contributed by atoms with Crippen molar-refractivity contribution in [2.75, 3.05) is 13.1 Å². The van der Waals surface area contributed by atoms with Gasteiger partial charge in [0.05, 0.1) is 0 Å². The van der Waals surface area contributed by atoms with Gasteiger partial charge in [-0.25, -0.2) is 4.68 Å². The molecule has 0 saturated carbocycles. The Morgan fingerprint density at radius 1 is 1.30 bits per heavy atom. The van der Waals surface area contributed by atoms with E-state index >= 15 is 0 Å². The fourth-order valence-electron chi connectivity index (χ4n) is 2.73. The van der Waals surface area contributed by atoms with Crippen LogP contribution >= 0.6 is 0 Å². The van der Waals surface area contributed by atoms with Crippen molar-refractivity contribution >= 4 is 5.91 Å². The van der Waals surface area contributed by atoms with E-state index < -0.39 is 0 Å². The normalized spacial score (nSPS) is 15.7. The summed E-state index contributed by atoms with van der Waals surface area (Å²) in [5, 5.41) is 10.8. The number of hydrogen-bond donors (Lipinski definition) is 0.